The first-order chi connectivity index (χ1) is 10.1. The lowest BCUT2D eigenvalue weighted by Gasteiger charge is -2.15. The van der Waals surface area contributed by atoms with E-state index in [0.717, 1.165) is 5.39 Å². The Kier molecular flexibility index (Phi) is 3.23. The summed E-state index contributed by atoms with van der Waals surface area (Å²) < 4.78 is 0. The molecule has 2 aromatic heterocycles. The Balaban J connectivity index is 1.92. The molecule has 0 radical (unpaired) electrons. The van der Waals surface area contributed by atoms with Gasteiger partial charge >= 0.3 is 0 Å². The van der Waals surface area contributed by atoms with Crippen molar-refractivity contribution in [3.05, 3.63) is 58.5 Å². The number of carbonyl (C=O) groups excluding carboxylic acids is 1. The van der Waals surface area contributed by atoms with Gasteiger partial charge in [0.1, 0.15) is 17.8 Å². The van der Waals surface area contributed by atoms with E-state index in [1.54, 1.807) is 31.3 Å². The largest absolute Gasteiger partial charge is 0.333 e. The number of hydrogen-bond acceptors (Lipinski definition) is 4. The first-order valence-electron chi connectivity index (χ1n) is 6.37. The van der Waals surface area contributed by atoms with Crippen molar-refractivity contribution in [3.63, 3.8) is 0 Å². The molecule has 1 aromatic carbocycles. The van der Waals surface area contributed by atoms with Crippen LogP contribution >= 0.6 is 0 Å². The van der Waals surface area contributed by atoms with Crippen molar-refractivity contribution >= 4 is 16.7 Å². The summed E-state index contributed by atoms with van der Waals surface area (Å²) in [6.45, 7) is 0.285. The second-order valence-electron chi connectivity index (χ2n) is 4.69. The molecule has 7 heteroatoms. The molecule has 1 amide bonds. The summed E-state index contributed by atoms with van der Waals surface area (Å²) in [7, 11) is 1.64. The van der Waals surface area contributed by atoms with Crippen molar-refractivity contribution in [2.24, 2.45) is 0 Å². The van der Waals surface area contributed by atoms with E-state index < -0.39 is 0 Å². The fourth-order valence-electron chi connectivity index (χ4n) is 2.14. The Morgan fingerprint density at radius 1 is 1.33 bits per heavy atom. The van der Waals surface area contributed by atoms with E-state index in [1.807, 2.05) is 6.07 Å². The maximum atomic E-state index is 12.4. The molecule has 2 N–H and O–H groups in total. The predicted molar refractivity (Wildman–Crippen MR) is 76.7 cm³/mol. The van der Waals surface area contributed by atoms with Gasteiger partial charge < -0.3 is 9.88 Å². The van der Waals surface area contributed by atoms with E-state index in [0.29, 0.717) is 11.2 Å². The van der Waals surface area contributed by atoms with Crippen molar-refractivity contribution in [1.29, 1.82) is 0 Å². The molecule has 0 aliphatic rings. The lowest BCUT2D eigenvalue weighted by Crippen LogP contribution is -2.29. The molecule has 21 heavy (non-hydrogen) atoms. The lowest BCUT2D eigenvalue weighted by atomic mass is 10.1. The summed E-state index contributed by atoms with van der Waals surface area (Å²) >= 11 is 0. The second-order valence-corrected chi connectivity index (χ2v) is 4.69. The molecule has 0 saturated heterocycles. The number of hydrogen-bond donors (Lipinski definition) is 2. The number of aromatic nitrogens is 4. The van der Waals surface area contributed by atoms with E-state index in [9.17, 15) is 9.59 Å². The van der Waals surface area contributed by atoms with E-state index in [-0.39, 0.29) is 23.7 Å². The topological polar surface area (TPSA) is 94.7 Å². The summed E-state index contributed by atoms with van der Waals surface area (Å²) in [6, 6.07) is 8.82. The molecule has 0 aliphatic carbocycles. The summed E-state index contributed by atoms with van der Waals surface area (Å²) in [4.78, 5) is 32.4. The van der Waals surface area contributed by atoms with E-state index in [2.05, 4.69) is 20.2 Å². The number of nitrogens with zero attached hydrogens (tertiary/aromatic N) is 3. The molecule has 0 spiro atoms. The van der Waals surface area contributed by atoms with Crippen molar-refractivity contribution in [3.8, 4) is 0 Å². The average Bonchev–Trinajstić information content (AvgIpc) is 2.99. The van der Waals surface area contributed by atoms with Gasteiger partial charge in [0.15, 0.2) is 0 Å². The van der Waals surface area contributed by atoms with Gasteiger partial charge in [0, 0.05) is 12.4 Å². The van der Waals surface area contributed by atoms with Crippen LogP contribution in [0.15, 0.2) is 41.5 Å². The first-order valence-corrected chi connectivity index (χ1v) is 6.37. The summed E-state index contributed by atoms with van der Waals surface area (Å²) in [6.07, 6.45) is 1.38. The van der Waals surface area contributed by atoms with E-state index >= 15 is 0 Å². The zero-order chi connectivity index (χ0) is 14.8. The highest BCUT2D eigenvalue weighted by Gasteiger charge is 2.15. The number of rotatable bonds is 3. The molecule has 106 valence electrons. The van der Waals surface area contributed by atoms with Gasteiger partial charge in [0.25, 0.3) is 11.5 Å². The number of carbonyl (C=O) groups is 1. The zero-order valence-electron chi connectivity index (χ0n) is 11.3. The predicted octanol–water partition coefficient (Wildman–Crippen LogP) is 0.918. The van der Waals surface area contributed by atoms with Crippen LogP contribution in [0.1, 0.15) is 16.3 Å². The van der Waals surface area contributed by atoms with Crippen LogP contribution in [-0.4, -0.2) is 38.0 Å². The van der Waals surface area contributed by atoms with E-state index in [1.165, 1.54) is 11.2 Å². The van der Waals surface area contributed by atoms with Gasteiger partial charge in [-0.3, -0.25) is 14.7 Å². The third kappa shape index (κ3) is 2.53. The Hall–Kier alpha value is -2.96. The molecule has 0 unspecified atom stereocenters. The third-order valence-electron chi connectivity index (χ3n) is 3.18. The summed E-state index contributed by atoms with van der Waals surface area (Å²) in [5.74, 6) is 0.295. The van der Waals surface area contributed by atoms with Crippen LogP contribution in [0, 0.1) is 0 Å². The van der Waals surface area contributed by atoms with Crippen LogP contribution in [0.25, 0.3) is 10.8 Å². The molecular weight excluding hydrogens is 270 g/mol. The highest BCUT2D eigenvalue weighted by molar-refractivity contribution is 5.96. The fourth-order valence-corrected chi connectivity index (χ4v) is 2.14. The normalized spacial score (nSPS) is 10.7. The van der Waals surface area contributed by atoms with Crippen molar-refractivity contribution in [2.45, 2.75) is 6.54 Å². The number of nitrogens with one attached hydrogen (secondary N) is 2. The van der Waals surface area contributed by atoms with Crippen molar-refractivity contribution < 1.29 is 4.79 Å². The highest BCUT2D eigenvalue weighted by atomic mass is 16.2. The van der Waals surface area contributed by atoms with Crippen LogP contribution in [0.4, 0.5) is 0 Å². The minimum Gasteiger partial charge on any atom is -0.333 e. The third-order valence-corrected chi connectivity index (χ3v) is 3.18. The van der Waals surface area contributed by atoms with Gasteiger partial charge in [-0.15, -0.1) is 0 Å². The molecule has 0 bridgehead atoms. The lowest BCUT2D eigenvalue weighted by molar-refractivity contribution is 0.0776. The maximum absolute atomic E-state index is 12.4. The number of H-pyrrole nitrogens is 2. The SMILES string of the molecule is CN(Cc1ncn[nH]1)C(=O)c1cc2ccccc2c(=O)[nH]1. The van der Waals surface area contributed by atoms with Gasteiger partial charge in [-0.05, 0) is 17.5 Å². The van der Waals surface area contributed by atoms with Gasteiger partial charge in [-0.1, -0.05) is 18.2 Å². The quantitative estimate of drug-likeness (QED) is 0.747. The molecule has 7 nitrogen and oxygen atoms in total. The maximum Gasteiger partial charge on any atom is 0.270 e. The van der Waals surface area contributed by atoms with Crippen LogP contribution in [0.2, 0.25) is 0 Å². The number of aromatic amines is 2. The number of pyridine rings is 1. The molecule has 0 atom stereocenters. The Morgan fingerprint density at radius 3 is 2.90 bits per heavy atom. The van der Waals surface area contributed by atoms with Crippen LogP contribution in [-0.2, 0) is 6.54 Å². The zero-order valence-corrected chi connectivity index (χ0v) is 11.3. The molecule has 0 aliphatic heterocycles. The molecular formula is C14H13N5O2. The molecule has 3 rings (SSSR count). The van der Waals surface area contributed by atoms with Crippen LogP contribution < -0.4 is 5.56 Å². The van der Waals surface area contributed by atoms with Gasteiger partial charge in [-0.2, -0.15) is 5.10 Å². The summed E-state index contributed by atoms with van der Waals surface area (Å²) in [5, 5.41) is 7.71. The standard InChI is InChI=1S/C14H13N5O2/c1-19(7-12-15-8-16-18-12)14(21)11-6-9-4-2-3-5-10(9)13(20)17-11/h2-6,8H,7H2,1H3,(H,17,20)(H,15,16,18). The fraction of sp³-hybridized carbons (Fsp3) is 0.143. The summed E-state index contributed by atoms with van der Waals surface area (Å²) in [5.41, 5.74) is -0.0229. The van der Waals surface area contributed by atoms with Crippen molar-refractivity contribution in [1.82, 2.24) is 25.1 Å². The molecule has 0 saturated carbocycles. The first kappa shape index (κ1) is 13.0. The van der Waals surface area contributed by atoms with Gasteiger partial charge in [0.05, 0.1) is 6.54 Å². The Bertz CT molecular complexity index is 838. The monoisotopic (exact) mass is 283 g/mol. The van der Waals surface area contributed by atoms with Gasteiger partial charge in [0.2, 0.25) is 0 Å². The second kappa shape index (κ2) is 5.20. The number of amides is 1. The number of fused-ring (bicyclic) bond motifs is 1. The smallest absolute Gasteiger partial charge is 0.270 e. The number of benzene rings is 1. The molecule has 2 heterocycles. The van der Waals surface area contributed by atoms with E-state index in [4.69, 9.17) is 0 Å². The molecule has 3 aromatic rings. The minimum absolute atomic E-state index is 0.251. The van der Waals surface area contributed by atoms with Crippen molar-refractivity contribution in [2.75, 3.05) is 7.05 Å². The van der Waals surface area contributed by atoms with Gasteiger partial charge in [-0.25, -0.2) is 4.98 Å². The Labute approximate surface area is 119 Å². The van der Waals surface area contributed by atoms with Crippen LogP contribution in [0.3, 0.4) is 0 Å². The minimum atomic E-state index is -0.283. The highest BCUT2D eigenvalue weighted by Crippen LogP contribution is 2.11. The van der Waals surface area contributed by atoms with Crippen LogP contribution in [0.5, 0.6) is 0 Å². The molecule has 0 fully saturated rings. The average molecular weight is 283 g/mol. The Morgan fingerprint density at radius 2 is 2.14 bits per heavy atom.